The number of hydrogen-bond donors (Lipinski definition) is 2. The topological polar surface area (TPSA) is 71.4 Å². The molecule has 0 spiro atoms. The van der Waals surface area contributed by atoms with Gasteiger partial charge in [0.2, 0.25) is 0 Å². The van der Waals surface area contributed by atoms with Crippen LogP contribution in [0.4, 0.5) is 0 Å². The maximum atomic E-state index is 5.56. The highest BCUT2D eigenvalue weighted by molar-refractivity contribution is 14.0. The van der Waals surface area contributed by atoms with Crippen molar-refractivity contribution in [2.24, 2.45) is 4.99 Å². The van der Waals surface area contributed by atoms with Crippen LogP contribution >= 0.6 is 35.3 Å². The summed E-state index contributed by atoms with van der Waals surface area (Å²) in [6, 6.07) is 3.73. The van der Waals surface area contributed by atoms with Crippen LogP contribution < -0.4 is 15.4 Å². The van der Waals surface area contributed by atoms with Gasteiger partial charge in [-0.3, -0.25) is 9.98 Å². The number of nitrogens with one attached hydrogen (secondary N) is 2. The monoisotopic (exact) mass is 447 g/mol. The number of pyridine rings is 1. The summed E-state index contributed by atoms with van der Waals surface area (Å²) in [4.78, 5) is 13.8. The molecule has 2 N–H and O–H groups in total. The van der Waals surface area contributed by atoms with E-state index >= 15 is 0 Å². The van der Waals surface area contributed by atoms with Crippen LogP contribution in [0.5, 0.6) is 5.75 Å². The quantitative estimate of drug-likeness (QED) is 0.295. The first-order chi connectivity index (χ1) is 10.8. The molecule has 2 aromatic rings. The summed E-state index contributed by atoms with van der Waals surface area (Å²) >= 11 is 1.72. The lowest BCUT2D eigenvalue weighted by Gasteiger charge is -2.11. The summed E-state index contributed by atoms with van der Waals surface area (Å²) in [5, 5.41) is 7.50. The Hall–Kier alpha value is -1.42. The molecule has 0 bridgehead atoms. The van der Waals surface area contributed by atoms with Crippen LogP contribution in [0.25, 0.3) is 0 Å². The van der Waals surface area contributed by atoms with Gasteiger partial charge < -0.3 is 15.4 Å². The number of halogens is 1. The van der Waals surface area contributed by atoms with Gasteiger partial charge in [0.15, 0.2) is 5.96 Å². The SMILES string of the molecule is CCc1cnc(CNC(=NC)NCCOc2cccnc2)s1.I. The van der Waals surface area contributed by atoms with Crippen LogP contribution in [-0.4, -0.2) is 36.1 Å². The van der Waals surface area contributed by atoms with E-state index in [9.17, 15) is 0 Å². The van der Waals surface area contributed by atoms with Crippen LogP contribution in [0.2, 0.25) is 0 Å². The molecule has 2 heterocycles. The molecule has 8 heteroatoms. The van der Waals surface area contributed by atoms with E-state index in [0.29, 0.717) is 19.7 Å². The van der Waals surface area contributed by atoms with E-state index < -0.39 is 0 Å². The molecule has 0 fully saturated rings. The van der Waals surface area contributed by atoms with Crippen molar-refractivity contribution in [3.8, 4) is 5.75 Å². The lowest BCUT2D eigenvalue weighted by Crippen LogP contribution is -2.38. The maximum absolute atomic E-state index is 5.56. The van der Waals surface area contributed by atoms with Gasteiger partial charge in [-0.25, -0.2) is 4.98 Å². The van der Waals surface area contributed by atoms with Gasteiger partial charge >= 0.3 is 0 Å². The molecule has 0 aromatic carbocycles. The number of aliphatic imine (C=N–C) groups is 1. The second-order valence-corrected chi connectivity index (χ2v) is 5.66. The van der Waals surface area contributed by atoms with Gasteiger partial charge in [0.1, 0.15) is 17.4 Å². The van der Waals surface area contributed by atoms with Crippen LogP contribution in [0.15, 0.2) is 35.7 Å². The fourth-order valence-corrected chi connectivity index (χ4v) is 2.55. The minimum absolute atomic E-state index is 0. The molecule has 0 saturated heterocycles. The Morgan fingerprint density at radius 2 is 2.22 bits per heavy atom. The van der Waals surface area contributed by atoms with Crippen LogP contribution in [0, 0.1) is 0 Å². The Balaban J connectivity index is 0.00000264. The lowest BCUT2D eigenvalue weighted by molar-refractivity contribution is 0.320. The number of aryl methyl sites for hydroxylation is 1. The first-order valence-corrected chi connectivity index (χ1v) is 8.04. The van der Waals surface area contributed by atoms with Crippen molar-refractivity contribution in [2.45, 2.75) is 19.9 Å². The Labute approximate surface area is 157 Å². The number of ether oxygens (including phenoxy) is 1. The highest BCUT2D eigenvalue weighted by Crippen LogP contribution is 2.12. The maximum Gasteiger partial charge on any atom is 0.191 e. The molecule has 0 saturated carbocycles. The van der Waals surface area contributed by atoms with E-state index in [1.807, 2.05) is 18.3 Å². The standard InChI is InChI=1S/C15H21N5OS.HI/c1-3-13-10-19-14(22-13)11-20-15(16-2)18-7-8-21-12-5-4-6-17-9-12;/h4-6,9-10H,3,7-8,11H2,1-2H3,(H2,16,18,20);1H. The van der Waals surface area contributed by atoms with Crippen molar-refractivity contribution in [2.75, 3.05) is 20.2 Å². The van der Waals surface area contributed by atoms with Gasteiger partial charge in [0.05, 0.1) is 19.3 Å². The van der Waals surface area contributed by atoms with Gasteiger partial charge in [-0.05, 0) is 18.6 Å². The first kappa shape index (κ1) is 19.6. The average Bonchev–Trinajstić information content (AvgIpc) is 3.03. The van der Waals surface area contributed by atoms with Gasteiger partial charge in [0, 0.05) is 24.3 Å². The van der Waals surface area contributed by atoms with Gasteiger partial charge in [-0.15, -0.1) is 35.3 Å². The Morgan fingerprint density at radius 1 is 1.35 bits per heavy atom. The minimum Gasteiger partial charge on any atom is -0.490 e. The molecule has 0 atom stereocenters. The van der Waals surface area contributed by atoms with Crippen molar-refractivity contribution in [3.05, 3.63) is 40.6 Å². The number of guanidine groups is 1. The Kier molecular flexibility index (Phi) is 9.53. The summed E-state index contributed by atoms with van der Waals surface area (Å²) in [5.41, 5.74) is 0. The molecule has 0 aliphatic carbocycles. The Bertz CT molecular complexity index is 591. The molecule has 0 aliphatic rings. The predicted molar refractivity (Wildman–Crippen MR) is 105 cm³/mol. The molecular formula is C15H22IN5OS. The molecule has 126 valence electrons. The molecular weight excluding hydrogens is 425 g/mol. The molecule has 23 heavy (non-hydrogen) atoms. The second-order valence-electron chi connectivity index (χ2n) is 4.46. The lowest BCUT2D eigenvalue weighted by atomic mass is 10.4. The summed E-state index contributed by atoms with van der Waals surface area (Å²) in [7, 11) is 1.75. The summed E-state index contributed by atoms with van der Waals surface area (Å²) in [6.07, 6.45) is 6.37. The third-order valence-electron chi connectivity index (χ3n) is 2.88. The van der Waals surface area contributed by atoms with Crippen molar-refractivity contribution in [1.82, 2.24) is 20.6 Å². The predicted octanol–water partition coefficient (Wildman–Crippen LogP) is 2.46. The highest BCUT2D eigenvalue weighted by atomic mass is 127. The fraction of sp³-hybridized carbons (Fsp3) is 0.400. The van der Waals surface area contributed by atoms with E-state index in [1.165, 1.54) is 4.88 Å². The van der Waals surface area contributed by atoms with Crippen molar-refractivity contribution in [3.63, 3.8) is 0 Å². The van der Waals surface area contributed by atoms with Crippen molar-refractivity contribution >= 4 is 41.3 Å². The zero-order chi connectivity index (χ0) is 15.6. The molecule has 2 rings (SSSR count). The van der Waals surface area contributed by atoms with E-state index in [-0.39, 0.29) is 24.0 Å². The number of thiazole rings is 1. The highest BCUT2D eigenvalue weighted by Gasteiger charge is 2.02. The third-order valence-corrected chi connectivity index (χ3v) is 4.02. The first-order valence-electron chi connectivity index (χ1n) is 7.22. The summed E-state index contributed by atoms with van der Waals surface area (Å²) < 4.78 is 5.56. The molecule has 2 aromatic heterocycles. The van der Waals surface area contributed by atoms with Gasteiger partial charge in [-0.2, -0.15) is 0 Å². The van der Waals surface area contributed by atoms with E-state index in [4.69, 9.17) is 4.74 Å². The second kappa shape index (κ2) is 11.2. The van der Waals surface area contributed by atoms with E-state index in [1.54, 1.807) is 30.8 Å². The largest absolute Gasteiger partial charge is 0.490 e. The zero-order valence-corrected chi connectivity index (χ0v) is 16.4. The smallest absolute Gasteiger partial charge is 0.191 e. The Morgan fingerprint density at radius 3 is 2.87 bits per heavy atom. The van der Waals surface area contributed by atoms with Crippen molar-refractivity contribution < 1.29 is 4.74 Å². The van der Waals surface area contributed by atoms with E-state index in [2.05, 4.69) is 32.5 Å². The summed E-state index contributed by atoms with van der Waals surface area (Å²) in [5.74, 6) is 1.50. The average molecular weight is 447 g/mol. The van der Waals surface area contributed by atoms with Crippen LogP contribution in [-0.2, 0) is 13.0 Å². The summed E-state index contributed by atoms with van der Waals surface area (Å²) in [6.45, 7) is 4.01. The number of nitrogens with zero attached hydrogens (tertiary/aromatic N) is 3. The molecule has 0 radical (unpaired) electrons. The zero-order valence-electron chi connectivity index (χ0n) is 13.3. The van der Waals surface area contributed by atoms with Crippen molar-refractivity contribution in [1.29, 1.82) is 0 Å². The van der Waals surface area contributed by atoms with Crippen LogP contribution in [0.1, 0.15) is 16.8 Å². The van der Waals surface area contributed by atoms with Gasteiger partial charge in [-0.1, -0.05) is 6.92 Å². The van der Waals surface area contributed by atoms with E-state index in [0.717, 1.165) is 23.1 Å². The molecule has 0 aliphatic heterocycles. The minimum atomic E-state index is 0. The normalized spacial score (nSPS) is 10.8. The number of aromatic nitrogens is 2. The molecule has 6 nitrogen and oxygen atoms in total. The number of hydrogen-bond acceptors (Lipinski definition) is 5. The van der Waals surface area contributed by atoms with Crippen LogP contribution in [0.3, 0.4) is 0 Å². The number of rotatable bonds is 7. The fourth-order valence-electron chi connectivity index (χ4n) is 1.74. The third kappa shape index (κ3) is 7.12. The molecule has 0 amide bonds. The molecule has 0 unspecified atom stereocenters. The van der Waals surface area contributed by atoms with Gasteiger partial charge in [0.25, 0.3) is 0 Å².